The molecule has 10 nitrogen and oxygen atoms in total. The highest BCUT2D eigenvalue weighted by molar-refractivity contribution is 5.97. The second kappa shape index (κ2) is 15.6. The molecular formula is C32H39FN6O4. The number of hydrogen-bond acceptors (Lipinski definition) is 7. The van der Waals surface area contributed by atoms with Gasteiger partial charge in [0.1, 0.15) is 17.6 Å². The fourth-order valence-corrected chi connectivity index (χ4v) is 5.02. The van der Waals surface area contributed by atoms with E-state index in [4.69, 9.17) is 10.5 Å². The van der Waals surface area contributed by atoms with Gasteiger partial charge in [-0.25, -0.2) is 14.4 Å². The van der Waals surface area contributed by atoms with Crippen molar-refractivity contribution in [1.29, 1.82) is 0 Å². The Bertz CT molecular complexity index is 1360. The topological polar surface area (TPSA) is 140 Å². The summed E-state index contributed by atoms with van der Waals surface area (Å²) >= 11 is 0. The van der Waals surface area contributed by atoms with Crippen molar-refractivity contribution in [1.82, 2.24) is 20.6 Å². The van der Waals surface area contributed by atoms with Crippen molar-refractivity contribution < 1.29 is 23.5 Å². The van der Waals surface area contributed by atoms with Crippen molar-refractivity contribution in [3.05, 3.63) is 83.4 Å². The van der Waals surface area contributed by atoms with Gasteiger partial charge in [0, 0.05) is 38.0 Å². The molecule has 0 saturated carbocycles. The number of primary amides is 1. The van der Waals surface area contributed by atoms with E-state index in [2.05, 4.69) is 32.4 Å². The average Bonchev–Trinajstić information content (AvgIpc) is 3.02. The molecule has 11 heteroatoms. The smallest absolute Gasteiger partial charge is 0.254 e. The number of hydrogen-bond donors (Lipinski definition) is 3. The van der Waals surface area contributed by atoms with Gasteiger partial charge in [0.25, 0.3) is 5.91 Å². The molecule has 1 saturated heterocycles. The summed E-state index contributed by atoms with van der Waals surface area (Å²) in [5, 5.41) is 4.89. The van der Waals surface area contributed by atoms with Crippen LogP contribution in [0.1, 0.15) is 54.1 Å². The molecule has 1 aliphatic heterocycles. The van der Waals surface area contributed by atoms with Crippen molar-refractivity contribution in [2.24, 2.45) is 11.7 Å². The van der Waals surface area contributed by atoms with Crippen LogP contribution in [0.25, 0.3) is 0 Å². The third-order valence-corrected chi connectivity index (χ3v) is 7.58. The number of aryl methyl sites for hydroxylation is 1. The van der Waals surface area contributed by atoms with Crippen LogP contribution in [0.2, 0.25) is 0 Å². The first-order valence-electron chi connectivity index (χ1n) is 14.7. The minimum Gasteiger partial charge on any atom is -0.493 e. The highest BCUT2D eigenvalue weighted by Gasteiger charge is 2.22. The van der Waals surface area contributed by atoms with Crippen LogP contribution in [0, 0.1) is 11.7 Å². The molecule has 1 fully saturated rings. The second-order valence-electron chi connectivity index (χ2n) is 10.7. The van der Waals surface area contributed by atoms with Crippen molar-refractivity contribution >= 4 is 23.7 Å². The number of halogens is 1. The molecule has 0 spiro atoms. The predicted molar refractivity (Wildman–Crippen MR) is 161 cm³/mol. The number of ether oxygens (including phenoxy) is 1. The minimum absolute atomic E-state index is 0.212. The molecular weight excluding hydrogens is 551 g/mol. The van der Waals surface area contributed by atoms with Crippen LogP contribution >= 0.6 is 0 Å². The number of nitrogens with one attached hydrogen (secondary N) is 2. The van der Waals surface area contributed by atoms with Crippen LogP contribution in [0.4, 0.5) is 10.3 Å². The van der Waals surface area contributed by atoms with E-state index in [1.54, 1.807) is 0 Å². The average molecular weight is 591 g/mol. The lowest BCUT2D eigenvalue weighted by Gasteiger charge is -2.32. The first-order chi connectivity index (χ1) is 20.8. The van der Waals surface area contributed by atoms with Gasteiger partial charge in [-0.3, -0.25) is 14.4 Å². The monoisotopic (exact) mass is 590 g/mol. The molecule has 3 aromatic rings. The summed E-state index contributed by atoms with van der Waals surface area (Å²) in [7, 11) is 0. The maximum absolute atomic E-state index is 14.7. The molecule has 43 heavy (non-hydrogen) atoms. The second-order valence-corrected chi connectivity index (χ2v) is 10.7. The number of nitrogens with zero attached hydrogens (tertiary/aromatic N) is 3. The van der Waals surface area contributed by atoms with E-state index in [0.717, 1.165) is 62.3 Å². The van der Waals surface area contributed by atoms with E-state index in [-0.39, 0.29) is 12.0 Å². The molecule has 4 N–H and O–H groups in total. The number of piperidine rings is 1. The molecule has 2 aromatic carbocycles. The molecule has 0 unspecified atom stereocenters. The number of carbonyl (C=O) groups excluding carboxylic acids is 3. The Labute approximate surface area is 251 Å². The van der Waals surface area contributed by atoms with Crippen LogP contribution < -0.4 is 26.0 Å². The number of anilines is 1. The lowest BCUT2D eigenvalue weighted by Crippen LogP contribution is -2.49. The number of rotatable bonds is 14. The maximum Gasteiger partial charge on any atom is 0.254 e. The molecule has 0 bridgehead atoms. The highest BCUT2D eigenvalue weighted by atomic mass is 19.1. The standard InChI is InChI=1S/C32H39FN6O4/c1-2-22-19-36-32(37-20-22)39-14-12-23(13-15-39)9-6-16-43-25-10-11-26(27(33)18-25)31(42)35-21-29(40)38-28(30(34)41)17-24-7-4-3-5-8-24/h3-5,7-8,10-11,18-20,23,28H,2,6,9,12-17,21H2,1H3,(H2,34,41)(H,35,42)(H,38,40)/t28-/m0/s1. The van der Waals surface area contributed by atoms with E-state index in [1.807, 2.05) is 42.7 Å². The van der Waals surface area contributed by atoms with E-state index in [9.17, 15) is 18.8 Å². The van der Waals surface area contributed by atoms with E-state index in [0.29, 0.717) is 18.3 Å². The Kier molecular flexibility index (Phi) is 11.4. The first-order valence-corrected chi connectivity index (χ1v) is 14.7. The minimum atomic E-state index is -0.939. The third-order valence-electron chi connectivity index (χ3n) is 7.58. The molecule has 4 rings (SSSR count). The fraction of sp³-hybridized carbons (Fsp3) is 0.406. The molecule has 0 aliphatic carbocycles. The third kappa shape index (κ3) is 9.49. The number of benzene rings is 2. The van der Waals surface area contributed by atoms with E-state index in [1.165, 1.54) is 18.2 Å². The van der Waals surface area contributed by atoms with Gasteiger partial charge < -0.3 is 26.0 Å². The summed E-state index contributed by atoms with van der Waals surface area (Å²) in [6.07, 6.45) is 8.89. The highest BCUT2D eigenvalue weighted by Crippen LogP contribution is 2.25. The lowest BCUT2D eigenvalue weighted by atomic mass is 9.92. The summed E-state index contributed by atoms with van der Waals surface area (Å²) in [4.78, 5) is 47.8. The summed E-state index contributed by atoms with van der Waals surface area (Å²) < 4.78 is 20.4. The van der Waals surface area contributed by atoms with E-state index < -0.39 is 36.1 Å². The van der Waals surface area contributed by atoms with E-state index >= 15 is 0 Å². The Hall–Kier alpha value is -4.54. The number of amides is 3. The van der Waals surface area contributed by atoms with Gasteiger partial charge in [-0.15, -0.1) is 0 Å². The largest absolute Gasteiger partial charge is 0.493 e. The van der Waals surface area contributed by atoms with Crippen LogP contribution in [-0.4, -0.2) is 60.0 Å². The van der Waals surface area contributed by atoms with Gasteiger partial charge >= 0.3 is 0 Å². The van der Waals surface area contributed by atoms with Gasteiger partial charge in [0.05, 0.1) is 18.7 Å². The normalized spacial score (nSPS) is 14.1. The Balaban J connectivity index is 1.15. The number of aromatic nitrogens is 2. The van der Waals surface area contributed by atoms with Gasteiger partial charge in [-0.2, -0.15) is 0 Å². The van der Waals surface area contributed by atoms with Crippen LogP contribution in [-0.2, 0) is 22.4 Å². The van der Waals surface area contributed by atoms with Crippen molar-refractivity contribution in [3.8, 4) is 5.75 Å². The van der Waals surface area contributed by atoms with Gasteiger partial charge in [0.15, 0.2) is 0 Å². The predicted octanol–water partition coefficient (Wildman–Crippen LogP) is 3.20. The maximum atomic E-state index is 14.7. The first kappa shape index (κ1) is 31.4. The van der Waals surface area contributed by atoms with Crippen molar-refractivity contribution in [2.45, 2.75) is 51.5 Å². The molecule has 1 atom stereocenters. The molecule has 0 radical (unpaired) electrons. The zero-order valence-electron chi connectivity index (χ0n) is 24.4. The summed E-state index contributed by atoms with van der Waals surface area (Å²) in [5.74, 6) is -1.10. The summed E-state index contributed by atoms with van der Waals surface area (Å²) in [5.41, 5.74) is 7.16. The summed E-state index contributed by atoms with van der Waals surface area (Å²) in [6, 6.07) is 12.2. The van der Waals surface area contributed by atoms with Crippen molar-refractivity contribution in [3.63, 3.8) is 0 Å². The SMILES string of the molecule is CCc1cnc(N2CCC(CCCOc3ccc(C(=O)NCC(=O)N[C@@H](Cc4ccccc4)C(N)=O)c(F)c3)CC2)nc1. The number of nitrogens with two attached hydrogens (primary N) is 1. The van der Waals surface area contributed by atoms with Gasteiger partial charge in [-0.05, 0) is 61.3 Å². The van der Waals surface area contributed by atoms with Crippen LogP contribution in [0.5, 0.6) is 5.75 Å². The van der Waals surface area contributed by atoms with Crippen molar-refractivity contribution in [2.75, 3.05) is 31.1 Å². The molecule has 2 heterocycles. The van der Waals surface area contributed by atoms with Gasteiger partial charge in [-0.1, -0.05) is 37.3 Å². The Morgan fingerprint density at radius 2 is 1.79 bits per heavy atom. The number of carbonyl (C=O) groups is 3. The van der Waals surface area contributed by atoms with Gasteiger partial charge in [0.2, 0.25) is 17.8 Å². The lowest BCUT2D eigenvalue weighted by molar-refractivity contribution is -0.126. The summed E-state index contributed by atoms with van der Waals surface area (Å²) in [6.45, 7) is 3.94. The zero-order chi connectivity index (χ0) is 30.6. The Morgan fingerprint density at radius 3 is 2.44 bits per heavy atom. The molecule has 3 amide bonds. The molecule has 1 aromatic heterocycles. The quantitative estimate of drug-likeness (QED) is 0.245. The Morgan fingerprint density at radius 1 is 1.07 bits per heavy atom. The van der Waals surface area contributed by atoms with Crippen LogP contribution in [0.3, 0.4) is 0 Å². The van der Waals surface area contributed by atoms with Crippen LogP contribution in [0.15, 0.2) is 60.9 Å². The molecule has 228 valence electrons. The fourth-order valence-electron chi connectivity index (χ4n) is 5.02. The zero-order valence-corrected chi connectivity index (χ0v) is 24.4. The molecule has 1 aliphatic rings.